The van der Waals surface area contributed by atoms with Gasteiger partial charge in [-0.3, -0.25) is 0 Å². The first-order valence-corrected chi connectivity index (χ1v) is 5.20. The minimum Gasteiger partial charge on any atom is -0.593 e. The lowest BCUT2D eigenvalue weighted by molar-refractivity contribution is 0.610. The molecule has 0 bridgehead atoms. The molecule has 1 rings (SSSR count). The van der Waals surface area contributed by atoms with Gasteiger partial charge in [-0.25, -0.2) is 0 Å². The van der Waals surface area contributed by atoms with Crippen LogP contribution in [0.3, 0.4) is 0 Å². The van der Waals surface area contributed by atoms with Crippen LogP contribution < -0.4 is 0 Å². The smallest absolute Gasteiger partial charge is 0.228 e. The van der Waals surface area contributed by atoms with E-state index in [1.165, 1.54) is 11.3 Å². The highest BCUT2D eigenvalue weighted by Gasteiger charge is 2.09. The highest BCUT2D eigenvalue weighted by atomic mass is 35.7. The molecule has 0 aliphatic carbocycles. The third kappa shape index (κ3) is 2.02. The summed E-state index contributed by atoms with van der Waals surface area (Å²) < 4.78 is 11.7. The summed E-state index contributed by atoms with van der Waals surface area (Å²) in [5.41, 5.74) is 0. The van der Waals surface area contributed by atoms with Crippen LogP contribution in [0.1, 0.15) is 0 Å². The number of hydrogen-bond donors (Lipinski definition) is 0. The lowest BCUT2D eigenvalue weighted by Crippen LogP contribution is -1.82. The molecule has 1 aromatic rings. The molecule has 0 aliphatic heterocycles. The van der Waals surface area contributed by atoms with Gasteiger partial charge in [-0.2, -0.15) is 0 Å². The minimum absolute atomic E-state index is 0.599. The van der Waals surface area contributed by atoms with E-state index in [-0.39, 0.29) is 0 Å². The zero-order chi connectivity index (χ0) is 6.85. The summed E-state index contributed by atoms with van der Waals surface area (Å²) in [5, 5.41) is 0. The molecular weight excluding hydrogens is 199 g/mol. The number of thiophene rings is 1. The Balaban J connectivity index is 2.85. The van der Waals surface area contributed by atoms with E-state index >= 15 is 0 Å². The van der Waals surface area contributed by atoms with E-state index in [1.54, 1.807) is 12.1 Å². The lowest BCUT2D eigenvalue weighted by Gasteiger charge is -1.90. The average molecular weight is 201 g/mol. The molecule has 50 valence electrons. The molecule has 0 aromatic carbocycles. The standard InChI is InChI=1S/C4H2Cl2OS2/c5-3-1-2-4(8-3)9(6)7/h1-2H. The fourth-order valence-corrected chi connectivity index (χ4v) is 2.44. The van der Waals surface area contributed by atoms with E-state index in [2.05, 4.69) is 0 Å². The summed E-state index contributed by atoms with van der Waals surface area (Å²) in [4.78, 5) is 0. The molecule has 1 heterocycles. The third-order valence-electron chi connectivity index (χ3n) is 0.707. The van der Waals surface area contributed by atoms with Crippen molar-refractivity contribution in [3.8, 4) is 0 Å². The summed E-state index contributed by atoms with van der Waals surface area (Å²) in [5.74, 6) is 0. The van der Waals surface area contributed by atoms with E-state index < -0.39 is 10.4 Å². The van der Waals surface area contributed by atoms with Gasteiger partial charge < -0.3 is 4.55 Å². The fraction of sp³-hybridized carbons (Fsp3) is 0. The minimum atomic E-state index is -1.40. The van der Waals surface area contributed by atoms with Crippen LogP contribution in [-0.2, 0) is 10.4 Å². The van der Waals surface area contributed by atoms with Gasteiger partial charge in [0.2, 0.25) is 4.21 Å². The van der Waals surface area contributed by atoms with Crippen LogP contribution in [0.5, 0.6) is 0 Å². The molecule has 1 atom stereocenters. The van der Waals surface area contributed by atoms with Gasteiger partial charge >= 0.3 is 0 Å². The molecule has 0 radical (unpaired) electrons. The van der Waals surface area contributed by atoms with E-state index in [1.807, 2.05) is 0 Å². The lowest BCUT2D eigenvalue weighted by atomic mass is 10.7. The molecule has 1 aromatic heterocycles. The van der Waals surface area contributed by atoms with Gasteiger partial charge in [-0.15, -0.1) is 0 Å². The highest BCUT2D eigenvalue weighted by molar-refractivity contribution is 8.15. The van der Waals surface area contributed by atoms with E-state index in [0.29, 0.717) is 8.55 Å². The first kappa shape index (κ1) is 7.69. The van der Waals surface area contributed by atoms with Crippen molar-refractivity contribution < 1.29 is 4.55 Å². The first-order chi connectivity index (χ1) is 4.20. The Labute approximate surface area is 69.3 Å². The van der Waals surface area contributed by atoms with Crippen molar-refractivity contribution in [3.63, 3.8) is 0 Å². The SMILES string of the molecule is [O-][S+](Cl)c1ccc(Cl)s1. The molecule has 5 heteroatoms. The Hall–Kier alpha value is 0.590. The molecule has 0 saturated heterocycles. The Morgan fingerprint density at radius 1 is 1.56 bits per heavy atom. The number of hydrogen-bond acceptors (Lipinski definition) is 2. The maximum absolute atomic E-state index is 10.5. The molecule has 1 unspecified atom stereocenters. The number of halogens is 2. The molecule has 1 nitrogen and oxygen atoms in total. The molecule has 0 spiro atoms. The van der Waals surface area contributed by atoms with Crippen molar-refractivity contribution >= 4 is 44.0 Å². The summed E-state index contributed by atoms with van der Waals surface area (Å²) in [6.45, 7) is 0. The molecule has 0 aliphatic rings. The maximum Gasteiger partial charge on any atom is 0.228 e. The van der Waals surface area contributed by atoms with Crippen LogP contribution in [0, 0.1) is 0 Å². The largest absolute Gasteiger partial charge is 0.593 e. The van der Waals surface area contributed by atoms with Crippen LogP contribution in [-0.4, -0.2) is 4.55 Å². The van der Waals surface area contributed by atoms with Crippen molar-refractivity contribution in [1.82, 2.24) is 0 Å². The van der Waals surface area contributed by atoms with Gasteiger partial charge in [0.1, 0.15) is 10.4 Å². The summed E-state index contributed by atoms with van der Waals surface area (Å²) in [7, 11) is 3.84. The zero-order valence-electron chi connectivity index (χ0n) is 4.14. The van der Waals surface area contributed by atoms with Gasteiger partial charge in [0.05, 0.1) is 4.34 Å². The second-order valence-corrected chi connectivity index (χ2v) is 4.98. The van der Waals surface area contributed by atoms with Crippen molar-refractivity contribution in [3.05, 3.63) is 16.5 Å². The van der Waals surface area contributed by atoms with Crippen LogP contribution in [0.4, 0.5) is 0 Å². The summed E-state index contributed by atoms with van der Waals surface area (Å²) in [6.07, 6.45) is 0. The van der Waals surface area contributed by atoms with Gasteiger partial charge in [0.15, 0.2) is 10.7 Å². The van der Waals surface area contributed by atoms with Crippen LogP contribution in [0.25, 0.3) is 0 Å². The van der Waals surface area contributed by atoms with Gasteiger partial charge in [-0.05, 0) is 6.07 Å². The van der Waals surface area contributed by atoms with Crippen LogP contribution in [0.2, 0.25) is 4.34 Å². The van der Waals surface area contributed by atoms with Crippen molar-refractivity contribution in [2.24, 2.45) is 0 Å². The van der Waals surface area contributed by atoms with Crippen molar-refractivity contribution in [2.45, 2.75) is 4.21 Å². The van der Waals surface area contributed by atoms with E-state index in [4.69, 9.17) is 22.3 Å². The predicted molar refractivity (Wildman–Crippen MR) is 41.6 cm³/mol. The summed E-state index contributed by atoms with van der Waals surface area (Å²) >= 11 is 6.76. The van der Waals surface area contributed by atoms with Crippen molar-refractivity contribution in [2.75, 3.05) is 0 Å². The fourth-order valence-electron chi connectivity index (χ4n) is 0.384. The molecule has 0 amide bonds. The second-order valence-electron chi connectivity index (χ2n) is 1.28. The van der Waals surface area contributed by atoms with Gasteiger partial charge in [-0.1, -0.05) is 22.9 Å². The monoisotopic (exact) mass is 200 g/mol. The third-order valence-corrected chi connectivity index (χ3v) is 3.66. The Morgan fingerprint density at radius 3 is 2.44 bits per heavy atom. The zero-order valence-corrected chi connectivity index (χ0v) is 7.28. The van der Waals surface area contributed by atoms with Gasteiger partial charge in [0, 0.05) is 6.07 Å². The van der Waals surface area contributed by atoms with Crippen LogP contribution in [0.15, 0.2) is 16.3 Å². The Kier molecular flexibility index (Phi) is 2.67. The molecule has 0 saturated carbocycles. The predicted octanol–water partition coefficient (Wildman–Crippen LogP) is 2.66. The Bertz CT molecular complexity index is 198. The normalized spacial score (nSPS) is 13.7. The average Bonchev–Trinajstić information content (AvgIpc) is 2.14. The molecule has 0 fully saturated rings. The molecule has 0 N–H and O–H groups in total. The van der Waals surface area contributed by atoms with Crippen LogP contribution >= 0.6 is 33.6 Å². The Morgan fingerprint density at radius 2 is 2.22 bits per heavy atom. The molecular formula is C4H2Cl2OS2. The van der Waals surface area contributed by atoms with Gasteiger partial charge in [0.25, 0.3) is 0 Å². The first-order valence-electron chi connectivity index (χ1n) is 2.03. The quantitative estimate of drug-likeness (QED) is 0.640. The maximum atomic E-state index is 10.5. The van der Waals surface area contributed by atoms with E-state index in [9.17, 15) is 4.55 Å². The topological polar surface area (TPSA) is 23.1 Å². The molecule has 9 heavy (non-hydrogen) atoms. The second kappa shape index (κ2) is 3.12. The number of rotatable bonds is 1. The highest BCUT2D eigenvalue weighted by Crippen LogP contribution is 2.27. The van der Waals surface area contributed by atoms with E-state index in [0.717, 1.165) is 0 Å². The summed E-state index contributed by atoms with van der Waals surface area (Å²) in [6, 6.07) is 3.32. The van der Waals surface area contributed by atoms with Crippen molar-refractivity contribution in [1.29, 1.82) is 0 Å².